The van der Waals surface area contributed by atoms with Crippen molar-refractivity contribution in [2.75, 3.05) is 0 Å². The van der Waals surface area contributed by atoms with Crippen LogP contribution in [0.15, 0.2) is 194 Å². The Balaban J connectivity index is 1.19. The lowest BCUT2D eigenvalue weighted by Crippen LogP contribution is -2.11. The van der Waals surface area contributed by atoms with Gasteiger partial charge >= 0.3 is 0 Å². The number of aromatic amines is 1. The van der Waals surface area contributed by atoms with Gasteiger partial charge in [0.15, 0.2) is 0 Å². The summed E-state index contributed by atoms with van der Waals surface area (Å²) in [5.74, 6) is 0. The van der Waals surface area contributed by atoms with Gasteiger partial charge in [0, 0.05) is 33.7 Å². The van der Waals surface area contributed by atoms with Crippen molar-refractivity contribution in [2.24, 2.45) is 0 Å². The molecule has 1 N–H and O–H groups in total. The maximum absolute atomic E-state index is 5.55. The van der Waals surface area contributed by atoms with Crippen LogP contribution in [0, 0.1) is 0 Å². The van der Waals surface area contributed by atoms with Gasteiger partial charge in [-0.3, -0.25) is 4.98 Å². The van der Waals surface area contributed by atoms with E-state index in [0.29, 0.717) is 0 Å². The van der Waals surface area contributed by atoms with E-state index in [2.05, 4.69) is 235 Å². The molecule has 3 heteroatoms. The molecule has 10 aromatic rings. The summed E-state index contributed by atoms with van der Waals surface area (Å²) < 4.78 is 0. The molecule has 0 saturated heterocycles. The maximum Gasteiger partial charge on any atom is 0.0736 e. The molecule has 0 bridgehead atoms. The molecule has 0 unspecified atom stereocenters. The van der Waals surface area contributed by atoms with Gasteiger partial charge in [0.1, 0.15) is 0 Å². The SMILES string of the molecule is CC(C)(C)c1cc(-c2cc(-c3ccc(-c4ccccc4)cc3)ccn2)c2[nH]c3c(-c4cc(-c5ccccc5)cc(-c5cccc(-c6ccccc6)c5)n4)cc(C(C)(C)C)cc3c2c1. The molecule has 63 heavy (non-hydrogen) atoms. The molecule has 0 aliphatic carbocycles. The maximum atomic E-state index is 5.55. The first-order valence-electron chi connectivity index (χ1n) is 22.0. The van der Waals surface area contributed by atoms with E-state index in [1.165, 1.54) is 44.2 Å². The van der Waals surface area contributed by atoms with Gasteiger partial charge in [-0.1, -0.05) is 175 Å². The molecule has 0 aliphatic rings. The fourth-order valence-electron chi connectivity index (χ4n) is 8.72. The molecule has 3 aromatic heterocycles. The van der Waals surface area contributed by atoms with E-state index in [1.54, 1.807) is 0 Å². The van der Waals surface area contributed by atoms with Gasteiger partial charge in [0.2, 0.25) is 0 Å². The summed E-state index contributed by atoms with van der Waals surface area (Å²) in [5, 5.41) is 2.38. The number of benzene rings is 7. The molecular formula is C60H51N3. The summed E-state index contributed by atoms with van der Waals surface area (Å²) in [6.45, 7) is 13.8. The standard InChI is InChI=1S/C60H51N3/c1-59(2,3)48-35-50-51-36-49(60(4,5)6)38-53(56-34-47(41-21-14-9-15-22-41)33-54(62-56)46-24-16-23-44(31-46)40-19-12-8-13-20-40)58(51)63-57(50)52(37-48)55-32-45(29-30-61-55)43-27-25-42(26-28-43)39-17-10-7-11-18-39/h7-38,63H,1-6H3. The monoisotopic (exact) mass is 813 g/mol. The van der Waals surface area contributed by atoms with Crippen LogP contribution in [0.1, 0.15) is 52.7 Å². The lowest BCUT2D eigenvalue weighted by molar-refractivity contribution is 0.590. The van der Waals surface area contributed by atoms with Crippen molar-refractivity contribution < 1.29 is 0 Å². The summed E-state index contributed by atoms with van der Waals surface area (Å²) in [6.07, 6.45) is 1.95. The van der Waals surface area contributed by atoms with Crippen molar-refractivity contribution in [3.05, 3.63) is 205 Å². The van der Waals surface area contributed by atoms with Gasteiger partial charge in [0.05, 0.1) is 28.1 Å². The van der Waals surface area contributed by atoms with Crippen molar-refractivity contribution in [3.8, 4) is 78.3 Å². The van der Waals surface area contributed by atoms with Crippen molar-refractivity contribution in [2.45, 2.75) is 52.4 Å². The molecule has 3 heterocycles. The van der Waals surface area contributed by atoms with E-state index in [0.717, 1.165) is 67.1 Å². The highest BCUT2D eigenvalue weighted by Gasteiger charge is 2.25. The average molecular weight is 814 g/mol. The molecule has 0 saturated carbocycles. The zero-order chi connectivity index (χ0) is 43.3. The number of fused-ring (bicyclic) bond motifs is 3. The molecule has 0 amide bonds. The molecule has 0 radical (unpaired) electrons. The highest BCUT2D eigenvalue weighted by Crippen LogP contribution is 2.43. The molecule has 0 spiro atoms. The smallest absolute Gasteiger partial charge is 0.0736 e. The Hall–Kier alpha value is -7.36. The molecule has 7 aromatic carbocycles. The normalized spacial score (nSPS) is 12.0. The van der Waals surface area contributed by atoms with Crippen LogP contribution in [-0.4, -0.2) is 15.0 Å². The van der Waals surface area contributed by atoms with Crippen LogP contribution >= 0.6 is 0 Å². The third-order valence-electron chi connectivity index (χ3n) is 12.4. The minimum atomic E-state index is -0.118. The predicted molar refractivity (Wildman–Crippen MR) is 267 cm³/mol. The van der Waals surface area contributed by atoms with Crippen LogP contribution in [0.5, 0.6) is 0 Å². The van der Waals surface area contributed by atoms with E-state index < -0.39 is 0 Å². The molecule has 0 aliphatic heterocycles. The Bertz CT molecular complexity index is 3260. The van der Waals surface area contributed by atoms with E-state index in [-0.39, 0.29) is 10.8 Å². The van der Waals surface area contributed by atoms with E-state index in [4.69, 9.17) is 9.97 Å². The predicted octanol–water partition coefficient (Wildman–Crippen LogP) is 16.4. The molecule has 306 valence electrons. The number of hydrogen-bond acceptors (Lipinski definition) is 2. The van der Waals surface area contributed by atoms with Crippen molar-refractivity contribution >= 4 is 21.8 Å². The first-order chi connectivity index (χ1) is 30.5. The first-order valence-corrected chi connectivity index (χ1v) is 22.0. The second-order valence-corrected chi connectivity index (χ2v) is 18.8. The summed E-state index contributed by atoms with van der Waals surface area (Å²) >= 11 is 0. The Labute approximate surface area is 371 Å². The summed E-state index contributed by atoms with van der Waals surface area (Å²) in [5.41, 5.74) is 19.8. The van der Waals surface area contributed by atoms with E-state index in [9.17, 15) is 0 Å². The second kappa shape index (κ2) is 15.8. The topological polar surface area (TPSA) is 41.6 Å². The largest absolute Gasteiger partial charge is 0.353 e. The molecule has 10 rings (SSSR count). The van der Waals surface area contributed by atoms with Crippen LogP contribution in [0.25, 0.3) is 100 Å². The zero-order valence-corrected chi connectivity index (χ0v) is 36.9. The number of rotatable bonds is 7. The van der Waals surface area contributed by atoms with Crippen LogP contribution in [0.3, 0.4) is 0 Å². The molecule has 0 atom stereocenters. The molecular weight excluding hydrogens is 763 g/mol. The van der Waals surface area contributed by atoms with Crippen LogP contribution < -0.4 is 0 Å². The van der Waals surface area contributed by atoms with Gasteiger partial charge in [-0.05, 0) is 121 Å². The second-order valence-electron chi connectivity index (χ2n) is 18.8. The average Bonchev–Trinajstić information content (AvgIpc) is 3.70. The van der Waals surface area contributed by atoms with Gasteiger partial charge < -0.3 is 4.98 Å². The number of pyridine rings is 2. The van der Waals surface area contributed by atoms with Crippen LogP contribution in [0.2, 0.25) is 0 Å². The number of nitrogens with zero attached hydrogens (tertiary/aromatic N) is 2. The Morgan fingerprint density at radius 1 is 0.333 bits per heavy atom. The minimum Gasteiger partial charge on any atom is -0.353 e. The Morgan fingerprint density at radius 3 is 1.30 bits per heavy atom. The summed E-state index contributed by atoms with van der Waals surface area (Å²) in [6, 6.07) is 67.8. The molecule has 3 nitrogen and oxygen atoms in total. The lowest BCUT2D eigenvalue weighted by atomic mass is 9.83. The van der Waals surface area contributed by atoms with Crippen LogP contribution in [0.4, 0.5) is 0 Å². The lowest BCUT2D eigenvalue weighted by Gasteiger charge is -2.22. The highest BCUT2D eigenvalue weighted by molar-refractivity contribution is 6.16. The third-order valence-corrected chi connectivity index (χ3v) is 12.4. The van der Waals surface area contributed by atoms with Gasteiger partial charge in [-0.15, -0.1) is 0 Å². The van der Waals surface area contributed by atoms with Crippen molar-refractivity contribution in [1.29, 1.82) is 0 Å². The van der Waals surface area contributed by atoms with E-state index >= 15 is 0 Å². The molecule has 0 fully saturated rings. The summed E-state index contributed by atoms with van der Waals surface area (Å²) in [4.78, 5) is 14.6. The summed E-state index contributed by atoms with van der Waals surface area (Å²) in [7, 11) is 0. The zero-order valence-electron chi connectivity index (χ0n) is 36.9. The van der Waals surface area contributed by atoms with Crippen LogP contribution in [-0.2, 0) is 10.8 Å². The number of hydrogen-bond donors (Lipinski definition) is 1. The third kappa shape index (κ3) is 7.88. The van der Waals surface area contributed by atoms with E-state index in [1.807, 2.05) is 6.20 Å². The first kappa shape index (κ1) is 39.8. The number of aromatic nitrogens is 3. The van der Waals surface area contributed by atoms with Gasteiger partial charge in [-0.2, -0.15) is 0 Å². The van der Waals surface area contributed by atoms with Gasteiger partial charge in [-0.25, -0.2) is 4.98 Å². The quantitative estimate of drug-likeness (QED) is 0.174. The fraction of sp³-hybridized carbons (Fsp3) is 0.133. The Kier molecular flexibility index (Phi) is 9.99. The number of nitrogens with one attached hydrogen (secondary N) is 1. The number of H-pyrrole nitrogens is 1. The Morgan fingerprint density at radius 2 is 0.746 bits per heavy atom. The minimum absolute atomic E-state index is 0.101. The fourth-order valence-corrected chi connectivity index (χ4v) is 8.72. The van der Waals surface area contributed by atoms with Gasteiger partial charge in [0.25, 0.3) is 0 Å². The highest BCUT2D eigenvalue weighted by atomic mass is 14.8. The van der Waals surface area contributed by atoms with Crippen molar-refractivity contribution in [3.63, 3.8) is 0 Å². The van der Waals surface area contributed by atoms with Crippen molar-refractivity contribution in [1.82, 2.24) is 15.0 Å².